The summed E-state index contributed by atoms with van der Waals surface area (Å²) in [5, 5.41) is 12.4. The van der Waals surface area contributed by atoms with E-state index < -0.39 is 5.97 Å². The Bertz CT molecular complexity index is 457. The second kappa shape index (κ2) is 5.30. The number of carboxylic acid groups (broad SMARTS) is 1. The first-order chi connectivity index (χ1) is 9.24. The van der Waals surface area contributed by atoms with E-state index in [0.29, 0.717) is 24.5 Å². The van der Waals surface area contributed by atoms with Crippen LogP contribution in [0.3, 0.4) is 0 Å². The van der Waals surface area contributed by atoms with Gasteiger partial charge in [-0.3, -0.25) is 4.90 Å². The monoisotopic (exact) mass is 266 g/mol. The zero-order valence-electron chi connectivity index (χ0n) is 10.7. The van der Waals surface area contributed by atoms with Crippen LogP contribution in [0.25, 0.3) is 0 Å². The smallest absolute Gasteiger partial charge is 0.358 e. The first kappa shape index (κ1) is 12.6. The highest BCUT2D eigenvalue weighted by Gasteiger charge is 2.34. The molecule has 1 aliphatic carbocycles. The van der Waals surface area contributed by atoms with Crippen LogP contribution in [0, 0.1) is 0 Å². The lowest BCUT2D eigenvalue weighted by Gasteiger charge is -2.43. The number of aromatic nitrogens is 1. The minimum Gasteiger partial charge on any atom is -0.476 e. The molecule has 1 N–H and O–H groups in total. The molecule has 6 heteroatoms. The van der Waals surface area contributed by atoms with Crippen LogP contribution in [0.5, 0.6) is 0 Å². The second-order valence-corrected chi connectivity index (χ2v) is 5.22. The molecule has 2 atom stereocenters. The van der Waals surface area contributed by atoms with Gasteiger partial charge in [-0.1, -0.05) is 18.0 Å². The Hall–Kier alpha value is -1.40. The fourth-order valence-electron chi connectivity index (χ4n) is 3.06. The standard InChI is InChI=1S/C13H18N2O4/c16-13(17)10-7-9(19-14-10)8-15-5-6-18-12-4-2-1-3-11(12)15/h7,11-12H,1-6,8H2,(H,16,17). The van der Waals surface area contributed by atoms with Crippen molar-refractivity contribution in [1.29, 1.82) is 0 Å². The number of morpholine rings is 1. The van der Waals surface area contributed by atoms with Gasteiger partial charge in [-0.25, -0.2) is 4.79 Å². The minimum absolute atomic E-state index is 0.0246. The van der Waals surface area contributed by atoms with E-state index in [9.17, 15) is 4.79 Å². The molecule has 1 aromatic heterocycles. The molecule has 1 saturated carbocycles. The van der Waals surface area contributed by atoms with Crippen LogP contribution < -0.4 is 0 Å². The lowest BCUT2D eigenvalue weighted by atomic mass is 9.90. The van der Waals surface area contributed by atoms with Crippen LogP contribution in [0.2, 0.25) is 0 Å². The summed E-state index contributed by atoms with van der Waals surface area (Å²) in [5.74, 6) is -0.434. The van der Waals surface area contributed by atoms with Gasteiger partial charge in [-0.15, -0.1) is 0 Å². The molecule has 19 heavy (non-hydrogen) atoms. The van der Waals surface area contributed by atoms with E-state index >= 15 is 0 Å². The van der Waals surface area contributed by atoms with Crippen molar-refractivity contribution >= 4 is 5.97 Å². The van der Waals surface area contributed by atoms with E-state index in [1.807, 2.05) is 0 Å². The maximum atomic E-state index is 10.8. The van der Waals surface area contributed by atoms with Crippen LogP contribution in [-0.4, -0.2) is 46.4 Å². The summed E-state index contributed by atoms with van der Waals surface area (Å²) in [5.41, 5.74) is -0.0246. The van der Waals surface area contributed by atoms with Gasteiger partial charge in [-0.05, 0) is 12.8 Å². The first-order valence-electron chi connectivity index (χ1n) is 6.78. The third kappa shape index (κ3) is 2.64. The molecule has 6 nitrogen and oxygen atoms in total. The number of aromatic carboxylic acids is 1. The van der Waals surface area contributed by atoms with Gasteiger partial charge in [-0.2, -0.15) is 0 Å². The summed E-state index contributed by atoms with van der Waals surface area (Å²) in [6, 6.07) is 1.94. The van der Waals surface area contributed by atoms with E-state index in [2.05, 4.69) is 10.1 Å². The van der Waals surface area contributed by atoms with Gasteiger partial charge in [0.05, 0.1) is 19.3 Å². The molecule has 1 aliphatic heterocycles. The molecule has 0 bridgehead atoms. The molecule has 0 radical (unpaired) electrons. The Morgan fingerprint density at radius 1 is 1.47 bits per heavy atom. The van der Waals surface area contributed by atoms with Gasteiger partial charge in [0.15, 0.2) is 11.5 Å². The Morgan fingerprint density at radius 2 is 2.32 bits per heavy atom. The summed E-state index contributed by atoms with van der Waals surface area (Å²) >= 11 is 0. The number of fused-ring (bicyclic) bond motifs is 1. The summed E-state index contributed by atoms with van der Waals surface area (Å²) in [6.45, 7) is 2.22. The molecule has 2 aliphatic rings. The van der Waals surface area contributed by atoms with Gasteiger partial charge in [0.25, 0.3) is 0 Å². The van der Waals surface area contributed by atoms with Gasteiger partial charge < -0.3 is 14.4 Å². The highest BCUT2D eigenvalue weighted by molar-refractivity contribution is 5.85. The first-order valence-corrected chi connectivity index (χ1v) is 6.78. The van der Waals surface area contributed by atoms with Gasteiger partial charge in [0.1, 0.15) is 0 Å². The Morgan fingerprint density at radius 3 is 3.11 bits per heavy atom. The number of ether oxygens (including phenoxy) is 1. The summed E-state index contributed by atoms with van der Waals surface area (Å²) in [7, 11) is 0. The summed E-state index contributed by atoms with van der Waals surface area (Å²) in [6.07, 6.45) is 5.06. The summed E-state index contributed by atoms with van der Waals surface area (Å²) < 4.78 is 10.9. The van der Waals surface area contributed by atoms with Crippen LogP contribution >= 0.6 is 0 Å². The highest BCUT2D eigenvalue weighted by atomic mass is 16.5. The fraction of sp³-hybridized carbons (Fsp3) is 0.692. The zero-order valence-corrected chi connectivity index (χ0v) is 10.7. The number of hydrogen-bond donors (Lipinski definition) is 1. The largest absolute Gasteiger partial charge is 0.476 e. The van der Waals surface area contributed by atoms with Crippen molar-refractivity contribution in [2.45, 2.75) is 44.4 Å². The van der Waals surface area contributed by atoms with Crippen LogP contribution in [0.4, 0.5) is 0 Å². The third-order valence-corrected chi connectivity index (χ3v) is 3.98. The van der Waals surface area contributed by atoms with E-state index in [1.54, 1.807) is 0 Å². The van der Waals surface area contributed by atoms with Crippen molar-refractivity contribution in [2.24, 2.45) is 0 Å². The fourth-order valence-corrected chi connectivity index (χ4v) is 3.06. The van der Waals surface area contributed by atoms with Crippen LogP contribution in [0.1, 0.15) is 41.9 Å². The zero-order chi connectivity index (χ0) is 13.2. The predicted molar refractivity (Wildman–Crippen MR) is 65.9 cm³/mol. The summed E-state index contributed by atoms with van der Waals surface area (Å²) in [4.78, 5) is 13.1. The molecule has 2 fully saturated rings. The topological polar surface area (TPSA) is 75.8 Å². The molecule has 0 spiro atoms. The van der Waals surface area contributed by atoms with Crippen molar-refractivity contribution in [3.05, 3.63) is 17.5 Å². The molecule has 0 amide bonds. The minimum atomic E-state index is -1.05. The Labute approximate surface area is 111 Å². The maximum absolute atomic E-state index is 10.8. The molecule has 2 heterocycles. The molecular weight excluding hydrogens is 248 g/mol. The predicted octanol–water partition coefficient (Wildman–Crippen LogP) is 1.52. The quantitative estimate of drug-likeness (QED) is 0.893. The van der Waals surface area contributed by atoms with Crippen molar-refractivity contribution < 1.29 is 19.2 Å². The molecule has 0 aromatic carbocycles. The third-order valence-electron chi connectivity index (χ3n) is 3.98. The molecule has 3 rings (SSSR count). The van der Waals surface area contributed by atoms with Gasteiger partial charge in [0.2, 0.25) is 0 Å². The molecule has 2 unspecified atom stereocenters. The number of rotatable bonds is 3. The molecule has 1 aromatic rings. The van der Waals surface area contributed by atoms with Crippen molar-refractivity contribution in [2.75, 3.05) is 13.2 Å². The van der Waals surface area contributed by atoms with E-state index in [1.165, 1.54) is 18.9 Å². The number of hydrogen-bond acceptors (Lipinski definition) is 5. The van der Waals surface area contributed by atoms with Crippen molar-refractivity contribution in [3.63, 3.8) is 0 Å². The van der Waals surface area contributed by atoms with Crippen LogP contribution in [-0.2, 0) is 11.3 Å². The SMILES string of the molecule is O=C(O)c1cc(CN2CCOC3CCCCC32)on1. The number of nitrogens with zero attached hydrogens (tertiary/aromatic N) is 2. The Kier molecular flexibility index (Phi) is 3.52. The van der Waals surface area contributed by atoms with Gasteiger partial charge in [0, 0.05) is 18.7 Å². The van der Waals surface area contributed by atoms with Gasteiger partial charge >= 0.3 is 5.97 Å². The van der Waals surface area contributed by atoms with Crippen molar-refractivity contribution in [1.82, 2.24) is 10.1 Å². The molecule has 1 saturated heterocycles. The highest BCUT2D eigenvalue weighted by Crippen LogP contribution is 2.29. The molecule has 104 valence electrons. The second-order valence-electron chi connectivity index (χ2n) is 5.22. The number of carbonyl (C=O) groups is 1. The Balaban J connectivity index is 1.68. The average molecular weight is 266 g/mol. The average Bonchev–Trinajstić information content (AvgIpc) is 2.88. The van der Waals surface area contributed by atoms with E-state index in [0.717, 1.165) is 26.0 Å². The van der Waals surface area contributed by atoms with E-state index in [-0.39, 0.29) is 5.69 Å². The lowest BCUT2D eigenvalue weighted by Crippen LogP contribution is -2.52. The lowest BCUT2D eigenvalue weighted by molar-refractivity contribution is -0.0929. The maximum Gasteiger partial charge on any atom is 0.358 e. The van der Waals surface area contributed by atoms with Crippen molar-refractivity contribution in [3.8, 4) is 0 Å². The normalized spacial score (nSPS) is 28.0. The van der Waals surface area contributed by atoms with Crippen LogP contribution in [0.15, 0.2) is 10.6 Å². The van der Waals surface area contributed by atoms with E-state index in [4.69, 9.17) is 14.4 Å². The number of carboxylic acids is 1. The molecular formula is C13H18N2O4.